The topological polar surface area (TPSA) is 93.0 Å². The fourth-order valence-electron chi connectivity index (χ4n) is 2.37. The molecule has 3 rings (SSSR count). The van der Waals surface area contributed by atoms with E-state index in [-0.39, 0.29) is 18.3 Å². The highest BCUT2D eigenvalue weighted by atomic mass is 35.5. The molecule has 0 radical (unpaired) electrons. The normalized spacial score (nSPS) is 16.6. The van der Waals surface area contributed by atoms with Gasteiger partial charge in [0.25, 0.3) is 0 Å². The first-order valence-corrected chi connectivity index (χ1v) is 6.95. The number of nitrogens with zero attached hydrogens (tertiary/aromatic N) is 1. The molecule has 1 aliphatic heterocycles. The minimum atomic E-state index is -0.833. The van der Waals surface area contributed by atoms with Crippen LogP contribution in [0.3, 0.4) is 0 Å². The summed E-state index contributed by atoms with van der Waals surface area (Å²) >= 11 is 0. The second kappa shape index (κ2) is 6.91. The molecule has 118 valence electrons. The number of amides is 1. The maximum atomic E-state index is 12.3. The van der Waals surface area contributed by atoms with Gasteiger partial charge in [0.15, 0.2) is 0 Å². The number of ether oxygens (including phenoxy) is 1. The predicted octanol–water partition coefficient (Wildman–Crippen LogP) is 1.94. The summed E-state index contributed by atoms with van der Waals surface area (Å²) in [5.74, 6) is -0.153. The number of aromatic nitrogens is 2. The van der Waals surface area contributed by atoms with Gasteiger partial charge in [0.2, 0.25) is 5.91 Å². The van der Waals surface area contributed by atoms with E-state index in [9.17, 15) is 4.79 Å². The van der Waals surface area contributed by atoms with E-state index in [2.05, 4.69) is 15.5 Å². The third-order valence-corrected chi connectivity index (χ3v) is 3.79. The van der Waals surface area contributed by atoms with Gasteiger partial charge in [-0.15, -0.1) is 12.4 Å². The van der Waals surface area contributed by atoms with Gasteiger partial charge in [-0.25, -0.2) is 0 Å². The van der Waals surface area contributed by atoms with Crippen LogP contribution < -0.4 is 11.1 Å². The predicted molar refractivity (Wildman–Crippen MR) is 86.9 cm³/mol. The molecule has 2 heterocycles. The van der Waals surface area contributed by atoms with E-state index in [0.717, 1.165) is 16.9 Å². The van der Waals surface area contributed by atoms with Crippen molar-refractivity contribution >= 4 is 24.0 Å². The summed E-state index contributed by atoms with van der Waals surface area (Å²) in [4.78, 5) is 12.3. The number of hydrogen-bond donors (Lipinski definition) is 3. The molecule has 1 amide bonds. The van der Waals surface area contributed by atoms with E-state index in [1.807, 2.05) is 30.3 Å². The number of nitrogens with two attached hydrogens (primary N) is 1. The maximum Gasteiger partial charge on any atom is 0.244 e. The number of nitrogens with one attached hydrogen (secondary N) is 2. The molecule has 0 saturated carbocycles. The zero-order chi connectivity index (χ0) is 14.7. The molecular formula is C15H19ClN4O2. The van der Waals surface area contributed by atoms with Gasteiger partial charge in [0, 0.05) is 25.1 Å². The molecule has 1 aromatic carbocycles. The highest BCUT2D eigenvalue weighted by Gasteiger charge is 2.35. The van der Waals surface area contributed by atoms with Gasteiger partial charge in [-0.2, -0.15) is 5.10 Å². The first-order chi connectivity index (χ1) is 10.2. The lowest BCUT2D eigenvalue weighted by Gasteiger charge is -2.31. The lowest BCUT2D eigenvalue weighted by Crippen LogP contribution is -2.54. The number of anilines is 1. The molecule has 0 aliphatic carbocycles. The Morgan fingerprint density at radius 1 is 1.23 bits per heavy atom. The number of benzene rings is 1. The van der Waals surface area contributed by atoms with Crippen molar-refractivity contribution in [3.8, 4) is 11.3 Å². The first-order valence-electron chi connectivity index (χ1n) is 6.95. The summed E-state index contributed by atoms with van der Waals surface area (Å²) < 4.78 is 5.25. The summed E-state index contributed by atoms with van der Waals surface area (Å²) in [6, 6.07) is 9.46. The van der Waals surface area contributed by atoms with E-state index in [0.29, 0.717) is 26.1 Å². The van der Waals surface area contributed by atoms with Crippen LogP contribution >= 0.6 is 12.4 Å². The zero-order valence-electron chi connectivity index (χ0n) is 12.0. The van der Waals surface area contributed by atoms with Gasteiger partial charge in [-0.1, -0.05) is 12.1 Å². The summed E-state index contributed by atoms with van der Waals surface area (Å²) in [7, 11) is 0. The summed E-state index contributed by atoms with van der Waals surface area (Å²) in [5, 5.41) is 9.70. The molecular weight excluding hydrogens is 304 g/mol. The molecule has 22 heavy (non-hydrogen) atoms. The number of carbonyl (C=O) groups excluding carboxylic acids is 1. The molecule has 1 saturated heterocycles. The zero-order valence-corrected chi connectivity index (χ0v) is 12.9. The van der Waals surface area contributed by atoms with Crippen LogP contribution in [0.5, 0.6) is 0 Å². The van der Waals surface area contributed by atoms with Crippen LogP contribution in [0.4, 0.5) is 5.69 Å². The lowest BCUT2D eigenvalue weighted by molar-refractivity contribution is -0.124. The lowest BCUT2D eigenvalue weighted by atomic mass is 9.90. The van der Waals surface area contributed by atoms with Crippen LogP contribution in [0.1, 0.15) is 12.8 Å². The molecule has 0 bridgehead atoms. The molecule has 6 nitrogen and oxygen atoms in total. The van der Waals surface area contributed by atoms with E-state index >= 15 is 0 Å². The fraction of sp³-hybridized carbons (Fsp3) is 0.333. The van der Waals surface area contributed by atoms with Crippen molar-refractivity contribution in [1.82, 2.24) is 10.2 Å². The number of rotatable bonds is 3. The monoisotopic (exact) mass is 322 g/mol. The van der Waals surface area contributed by atoms with Crippen LogP contribution in [0.25, 0.3) is 11.3 Å². The average Bonchev–Trinajstić information content (AvgIpc) is 3.03. The number of hydrogen-bond acceptors (Lipinski definition) is 4. The van der Waals surface area contributed by atoms with Gasteiger partial charge in [-0.05, 0) is 36.6 Å². The molecule has 4 N–H and O–H groups in total. The van der Waals surface area contributed by atoms with E-state index < -0.39 is 5.54 Å². The summed E-state index contributed by atoms with van der Waals surface area (Å²) in [6.45, 7) is 1.06. The Morgan fingerprint density at radius 3 is 2.50 bits per heavy atom. The molecule has 1 fully saturated rings. The van der Waals surface area contributed by atoms with Crippen molar-refractivity contribution in [2.75, 3.05) is 18.5 Å². The standard InChI is InChI=1S/C15H18N4O2.ClH/c16-15(6-9-21-10-7-15)14(20)18-12-3-1-11(2-4-12)13-5-8-17-19-13;/h1-5,8H,6-7,9-10,16H2,(H,17,19)(H,18,20);1H. The molecule has 0 atom stereocenters. The van der Waals surface area contributed by atoms with Crippen LogP contribution in [0, 0.1) is 0 Å². The van der Waals surface area contributed by atoms with Gasteiger partial charge in [0.05, 0.1) is 5.69 Å². The van der Waals surface area contributed by atoms with Gasteiger partial charge in [-0.3, -0.25) is 9.89 Å². The third kappa shape index (κ3) is 3.47. The summed E-state index contributed by atoms with van der Waals surface area (Å²) in [6.07, 6.45) is 2.80. The highest BCUT2D eigenvalue weighted by molar-refractivity contribution is 5.98. The Kier molecular flexibility index (Phi) is 5.18. The number of H-pyrrole nitrogens is 1. The average molecular weight is 323 g/mol. The second-order valence-corrected chi connectivity index (χ2v) is 5.27. The Hall–Kier alpha value is -1.89. The van der Waals surface area contributed by atoms with Gasteiger partial charge in [0.1, 0.15) is 5.54 Å². The number of halogens is 1. The largest absolute Gasteiger partial charge is 0.381 e. The minimum Gasteiger partial charge on any atom is -0.381 e. The van der Waals surface area contributed by atoms with E-state index in [1.54, 1.807) is 6.20 Å². The minimum absolute atomic E-state index is 0. The summed E-state index contributed by atoms with van der Waals surface area (Å²) in [5.41, 5.74) is 8.01. The van der Waals surface area contributed by atoms with Gasteiger partial charge >= 0.3 is 0 Å². The Morgan fingerprint density at radius 2 is 1.91 bits per heavy atom. The van der Waals surface area contributed by atoms with Gasteiger partial charge < -0.3 is 15.8 Å². The molecule has 1 aliphatic rings. The van der Waals surface area contributed by atoms with Crippen molar-refractivity contribution in [2.24, 2.45) is 5.73 Å². The van der Waals surface area contributed by atoms with Crippen molar-refractivity contribution < 1.29 is 9.53 Å². The Labute approximate surface area is 134 Å². The maximum absolute atomic E-state index is 12.3. The third-order valence-electron chi connectivity index (χ3n) is 3.79. The fourth-order valence-corrected chi connectivity index (χ4v) is 2.37. The van der Waals surface area contributed by atoms with E-state index in [4.69, 9.17) is 10.5 Å². The SMILES string of the molecule is Cl.NC1(C(=O)Nc2ccc(-c3ccn[nH]3)cc2)CCOCC1. The molecule has 0 spiro atoms. The molecule has 2 aromatic rings. The Balaban J connectivity index is 0.00000176. The quantitative estimate of drug-likeness (QED) is 0.805. The second-order valence-electron chi connectivity index (χ2n) is 5.27. The van der Waals surface area contributed by atoms with Crippen LogP contribution in [-0.4, -0.2) is 34.9 Å². The Bertz CT molecular complexity index is 607. The van der Waals surface area contributed by atoms with Crippen LogP contribution in [0.2, 0.25) is 0 Å². The van der Waals surface area contributed by atoms with Crippen LogP contribution in [0.15, 0.2) is 36.5 Å². The molecule has 0 unspecified atom stereocenters. The number of carbonyl (C=O) groups is 1. The first kappa shape index (κ1) is 16.5. The molecule has 1 aromatic heterocycles. The smallest absolute Gasteiger partial charge is 0.244 e. The van der Waals surface area contributed by atoms with Crippen molar-refractivity contribution in [1.29, 1.82) is 0 Å². The number of aromatic amines is 1. The van der Waals surface area contributed by atoms with Crippen molar-refractivity contribution in [2.45, 2.75) is 18.4 Å². The molecule has 7 heteroatoms. The highest BCUT2D eigenvalue weighted by Crippen LogP contribution is 2.22. The van der Waals surface area contributed by atoms with Crippen molar-refractivity contribution in [3.05, 3.63) is 36.5 Å². The van der Waals surface area contributed by atoms with E-state index in [1.165, 1.54) is 0 Å². The van der Waals surface area contributed by atoms with Crippen molar-refractivity contribution in [3.63, 3.8) is 0 Å². The van der Waals surface area contributed by atoms with Crippen LogP contribution in [-0.2, 0) is 9.53 Å².